The molecule has 0 aliphatic heterocycles. The van der Waals surface area contributed by atoms with E-state index in [-0.39, 0.29) is 12.4 Å². The molecule has 0 aliphatic rings. The van der Waals surface area contributed by atoms with Gasteiger partial charge in [0.1, 0.15) is 0 Å². The molecule has 6 heteroatoms. The number of hydrogen-bond donors (Lipinski definition) is 1. The standard InChI is InChI=1S/C15H10BrFN2O2/c16-11-3-6-14(13(17)7-11)21-9-15(20)19-12-4-1-10(8-18)2-5-12/h1-7H,9H2,(H,19,20). The number of nitrogens with one attached hydrogen (secondary N) is 1. The minimum Gasteiger partial charge on any atom is -0.481 e. The molecule has 0 fully saturated rings. The number of nitriles is 1. The van der Waals surface area contributed by atoms with E-state index < -0.39 is 11.7 Å². The Hall–Kier alpha value is -2.39. The van der Waals surface area contributed by atoms with E-state index in [0.29, 0.717) is 15.7 Å². The fourth-order valence-electron chi connectivity index (χ4n) is 1.56. The number of rotatable bonds is 4. The second kappa shape index (κ2) is 6.86. The lowest BCUT2D eigenvalue weighted by Gasteiger charge is -2.08. The lowest BCUT2D eigenvalue weighted by molar-refractivity contribution is -0.118. The molecule has 0 saturated heterocycles. The van der Waals surface area contributed by atoms with E-state index in [2.05, 4.69) is 21.2 Å². The zero-order valence-corrected chi connectivity index (χ0v) is 12.4. The number of carbonyl (C=O) groups excluding carboxylic acids is 1. The van der Waals surface area contributed by atoms with Gasteiger partial charge < -0.3 is 10.1 Å². The quantitative estimate of drug-likeness (QED) is 0.919. The third-order valence-electron chi connectivity index (χ3n) is 2.55. The van der Waals surface area contributed by atoms with Crippen LogP contribution in [0, 0.1) is 17.1 Å². The first-order valence-electron chi connectivity index (χ1n) is 5.96. The predicted octanol–water partition coefficient (Wildman–Crippen LogP) is 3.48. The van der Waals surface area contributed by atoms with Gasteiger partial charge in [0.2, 0.25) is 0 Å². The molecule has 0 atom stereocenters. The maximum atomic E-state index is 13.5. The van der Waals surface area contributed by atoms with Crippen LogP contribution in [0.3, 0.4) is 0 Å². The van der Waals surface area contributed by atoms with Gasteiger partial charge in [-0.05, 0) is 42.5 Å². The summed E-state index contributed by atoms with van der Waals surface area (Å²) in [7, 11) is 0. The molecule has 0 heterocycles. The molecule has 106 valence electrons. The summed E-state index contributed by atoms with van der Waals surface area (Å²) in [5.41, 5.74) is 1.04. The lowest BCUT2D eigenvalue weighted by Crippen LogP contribution is -2.20. The van der Waals surface area contributed by atoms with Crippen molar-refractivity contribution in [1.82, 2.24) is 0 Å². The number of amides is 1. The molecule has 21 heavy (non-hydrogen) atoms. The molecule has 0 spiro atoms. The van der Waals surface area contributed by atoms with Crippen LogP contribution in [-0.4, -0.2) is 12.5 Å². The summed E-state index contributed by atoms with van der Waals surface area (Å²) in [5.74, 6) is -0.953. The number of ether oxygens (including phenoxy) is 1. The number of hydrogen-bond acceptors (Lipinski definition) is 3. The smallest absolute Gasteiger partial charge is 0.262 e. The monoisotopic (exact) mass is 348 g/mol. The summed E-state index contributed by atoms with van der Waals surface area (Å²) >= 11 is 3.13. The van der Waals surface area contributed by atoms with Crippen molar-refractivity contribution in [2.75, 3.05) is 11.9 Å². The minimum absolute atomic E-state index is 0.00757. The summed E-state index contributed by atoms with van der Waals surface area (Å²) in [6.07, 6.45) is 0. The fraction of sp³-hybridized carbons (Fsp3) is 0.0667. The van der Waals surface area contributed by atoms with Crippen LogP contribution in [0.2, 0.25) is 0 Å². The van der Waals surface area contributed by atoms with E-state index in [0.717, 1.165) is 0 Å². The molecular weight excluding hydrogens is 339 g/mol. The number of halogens is 2. The largest absolute Gasteiger partial charge is 0.481 e. The molecule has 1 amide bonds. The topological polar surface area (TPSA) is 62.1 Å². The van der Waals surface area contributed by atoms with Crippen molar-refractivity contribution < 1.29 is 13.9 Å². The second-order valence-corrected chi connectivity index (χ2v) is 5.02. The molecule has 0 bridgehead atoms. The van der Waals surface area contributed by atoms with Gasteiger partial charge in [0.25, 0.3) is 5.91 Å². The van der Waals surface area contributed by atoms with Crippen LogP contribution in [-0.2, 0) is 4.79 Å². The molecule has 0 aliphatic carbocycles. The Morgan fingerprint density at radius 1 is 1.29 bits per heavy atom. The van der Waals surface area contributed by atoms with E-state index in [1.807, 2.05) is 6.07 Å². The van der Waals surface area contributed by atoms with Gasteiger partial charge in [-0.15, -0.1) is 0 Å². The van der Waals surface area contributed by atoms with Crippen LogP contribution in [0.5, 0.6) is 5.75 Å². The molecule has 4 nitrogen and oxygen atoms in total. The highest BCUT2D eigenvalue weighted by Crippen LogP contribution is 2.21. The first-order chi connectivity index (χ1) is 10.1. The SMILES string of the molecule is N#Cc1ccc(NC(=O)COc2ccc(Br)cc2F)cc1. The highest BCUT2D eigenvalue weighted by atomic mass is 79.9. The van der Waals surface area contributed by atoms with Crippen LogP contribution in [0.4, 0.5) is 10.1 Å². The lowest BCUT2D eigenvalue weighted by atomic mass is 10.2. The third-order valence-corrected chi connectivity index (χ3v) is 3.04. The first kappa shape index (κ1) is 15.0. The normalized spacial score (nSPS) is 9.76. The van der Waals surface area contributed by atoms with Gasteiger partial charge in [-0.2, -0.15) is 5.26 Å². The molecule has 1 N–H and O–H groups in total. The van der Waals surface area contributed by atoms with Crippen molar-refractivity contribution >= 4 is 27.5 Å². The van der Waals surface area contributed by atoms with Crippen molar-refractivity contribution in [2.45, 2.75) is 0 Å². The van der Waals surface area contributed by atoms with Crippen LogP contribution < -0.4 is 10.1 Å². The Bertz CT molecular complexity index is 696. The average molecular weight is 349 g/mol. The maximum absolute atomic E-state index is 13.5. The number of nitrogens with zero attached hydrogens (tertiary/aromatic N) is 1. The molecule has 0 radical (unpaired) electrons. The van der Waals surface area contributed by atoms with E-state index in [1.54, 1.807) is 30.3 Å². The van der Waals surface area contributed by atoms with Gasteiger partial charge in [-0.1, -0.05) is 15.9 Å². The Morgan fingerprint density at radius 2 is 2.00 bits per heavy atom. The van der Waals surface area contributed by atoms with Gasteiger partial charge >= 0.3 is 0 Å². The fourth-order valence-corrected chi connectivity index (χ4v) is 1.89. The maximum Gasteiger partial charge on any atom is 0.262 e. The Kier molecular flexibility index (Phi) is 4.90. The van der Waals surface area contributed by atoms with Crippen molar-refractivity contribution in [2.24, 2.45) is 0 Å². The molecule has 0 aromatic heterocycles. The summed E-state index contributed by atoms with van der Waals surface area (Å²) in [6.45, 7) is -0.307. The summed E-state index contributed by atoms with van der Waals surface area (Å²) in [4.78, 5) is 11.7. The highest BCUT2D eigenvalue weighted by Gasteiger charge is 2.07. The Balaban J connectivity index is 1.91. The highest BCUT2D eigenvalue weighted by molar-refractivity contribution is 9.10. The molecule has 0 saturated carbocycles. The first-order valence-corrected chi connectivity index (χ1v) is 6.75. The second-order valence-electron chi connectivity index (χ2n) is 4.10. The van der Waals surface area contributed by atoms with Crippen molar-refractivity contribution in [3.8, 4) is 11.8 Å². The Labute approximate surface area is 129 Å². The van der Waals surface area contributed by atoms with Crippen molar-refractivity contribution in [3.05, 3.63) is 58.3 Å². The van der Waals surface area contributed by atoms with Crippen LogP contribution >= 0.6 is 15.9 Å². The molecule has 2 rings (SSSR count). The minimum atomic E-state index is -0.546. The average Bonchev–Trinajstić information content (AvgIpc) is 2.47. The van der Waals surface area contributed by atoms with E-state index in [1.165, 1.54) is 12.1 Å². The van der Waals surface area contributed by atoms with Gasteiger partial charge in [0, 0.05) is 10.2 Å². The van der Waals surface area contributed by atoms with E-state index in [9.17, 15) is 9.18 Å². The van der Waals surface area contributed by atoms with Crippen LogP contribution in [0.15, 0.2) is 46.9 Å². The van der Waals surface area contributed by atoms with Crippen molar-refractivity contribution in [3.63, 3.8) is 0 Å². The van der Waals surface area contributed by atoms with Gasteiger partial charge in [-0.3, -0.25) is 4.79 Å². The van der Waals surface area contributed by atoms with Crippen LogP contribution in [0.25, 0.3) is 0 Å². The Morgan fingerprint density at radius 3 is 2.62 bits per heavy atom. The van der Waals surface area contributed by atoms with Crippen LogP contribution in [0.1, 0.15) is 5.56 Å². The van der Waals surface area contributed by atoms with Crippen molar-refractivity contribution in [1.29, 1.82) is 5.26 Å². The van der Waals surface area contributed by atoms with E-state index >= 15 is 0 Å². The zero-order valence-electron chi connectivity index (χ0n) is 10.8. The molecular formula is C15H10BrFN2O2. The summed E-state index contributed by atoms with van der Waals surface area (Å²) in [6, 6.07) is 12.7. The third kappa shape index (κ3) is 4.29. The molecule has 2 aromatic rings. The zero-order chi connectivity index (χ0) is 15.2. The number of carbonyl (C=O) groups is 1. The molecule has 0 unspecified atom stereocenters. The van der Waals surface area contributed by atoms with Gasteiger partial charge in [-0.25, -0.2) is 4.39 Å². The summed E-state index contributed by atoms with van der Waals surface area (Å²) in [5, 5.41) is 11.3. The van der Waals surface area contributed by atoms with E-state index in [4.69, 9.17) is 10.00 Å². The number of benzene rings is 2. The summed E-state index contributed by atoms with van der Waals surface area (Å²) < 4.78 is 19.2. The number of anilines is 1. The van der Waals surface area contributed by atoms with Gasteiger partial charge in [0.05, 0.1) is 11.6 Å². The van der Waals surface area contributed by atoms with Gasteiger partial charge in [0.15, 0.2) is 18.2 Å². The molecule has 2 aromatic carbocycles. The predicted molar refractivity (Wildman–Crippen MR) is 79.4 cm³/mol.